The number of aryl methyl sites for hydroxylation is 1. The van der Waals surface area contributed by atoms with Crippen molar-refractivity contribution in [1.82, 2.24) is 4.98 Å². The van der Waals surface area contributed by atoms with Crippen LogP contribution in [0.5, 0.6) is 5.75 Å². The molecular weight excluding hydrogens is 284 g/mol. The predicted octanol–water partition coefficient (Wildman–Crippen LogP) is 3.87. The van der Waals surface area contributed by atoms with Crippen LogP contribution in [0.2, 0.25) is 0 Å². The third kappa shape index (κ3) is 2.65. The van der Waals surface area contributed by atoms with Crippen molar-refractivity contribution in [3.63, 3.8) is 0 Å². The number of anilines is 1. The van der Waals surface area contributed by atoms with Crippen molar-refractivity contribution in [2.24, 2.45) is 0 Å². The van der Waals surface area contributed by atoms with Crippen LogP contribution in [0.1, 0.15) is 32.2 Å². The molecule has 0 atom stereocenters. The molecule has 1 aliphatic heterocycles. The summed E-state index contributed by atoms with van der Waals surface area (Å²) in [6.07, 6.45) is 2.10. The fourth-order valence-electron chi connectivity index (χ4n) is 2.24. The number of fused-ring (bicyclic) bond motifs is 1. The van der Waals surface area contributed by atoms with E-state index in [1.54, 1.807) is 25.2 Å². The van der Waals surface area contributed by atoms with Crippen LogP contribution >= 0.6 is 11.3 Å². The maximum absolute atomic E-state index is 12.0. The Hall–Kier alpha value is -1.88. The van der Waals surface area contributed by atoms with Crippen molar-refractivity contribution >= 4 is 22.9 Å². The highest BCUT2D eigenvalue weighted by Crippen LogP contribution is 2.36. The van der Waals surface area contributed by atoms with E-state index >= 15 is 0 Å². The van der Waals surface area contributed by atoms with Gasteiger partial charge in [0.2, 0.25) is 0 Å². The Bertz CT molecular complexity index is 691. The lowest BCUT2D eigenvalue weighted by molar-refractivity contribution is -0.129. The maximum atomic E-state index is 12.0. The third-order valence-corrected chi connectivity index (χ3v) is 4.36. The predicted molar refractivity (Wildman–Crippen MR) is 84.9 cm³/mol. The Balaban J connectivity index is 1.93. The number of aromatic nitrogens is 1. The third-order valence-electron chi connectivity index (χ3n) is 3.45. The summed E-state index contributed by atoms with van der Waals surface area (Å²) in [5, 5.41) is 6.11. The van der Waals surface area contributed by atoms with Crippen LogP contribution in [-0.4, -0.2) is 16.5 Å². The highest BCUT2D eigenvalue weighted by Gasteiger charge is 2.35. The van der Waals surface area contributed by atoms with Gasteiger partial charge in [-0.1, -0.05) is 6.92 Å². The maximum Gasteiger partial charge on any atom is 0.268 e. The molecule has 2 heterocycles. The second-order valence-corrected chi connectivity index (χ2v) is 6.60. The first-order valence-electron chi connectivity index (χ1n) is 7.09. The molecule has 0 unspecified atom stereocenters. The first-order chi connectivity index (χ1) is 9.99. The summed E-state index contributed by atoms with van der Waals surface area (Å²) in [7, 11) is 0. The first kappa shape index (κ1) is 14.1. The van der Waals surface area contributed by atoms with Crippen molar-refractivity contribution in [1.29, 1.82) is 0 Å². The van der Waals surface area contributed by atoms with Crippen molar-refractivity contribution in [3.8, 4) is 17.0 Å². The van der Waals surface area contributed by atoms with Crippen molar-refractivity contribution in [2.75, 3.05) is 5.32 Å². The van der Waals surface area contributed by atoms with E-state index in [-0.39, 0.29) is 5.91 Å². The number of hydrogen-bond acceptors (Lipinski definition) is 4. The topological polar surface area (TPSA) is 51.2 Å². The number of hydrogen-bond donors (Lipinski definition) is 1. The monoisotopic (exact) mass is 302 g/mol. The Labute approximate surface area is 128 Å². The molecule has 21 heavy (non-hydrogen) atoms. The molecule has 0 fully saturated rings. The number of ether oxygens (including phenoxy) is 1. The number of carbonyl (C=O) groups is 1. The van der Waals surface area contributed by atoms with Gasteiger partial charge in [0, 0.05) is 10.9 Å². The van der Waals surface area contributed by atoms with Gasteiger partial charge in [0.1, 0.15) is 5.75 Å². The van der Waals surface area contributed by atoms with Crippen LogP contribution in [0, 0.1) is 0 Å². The zero-order valence-corrected chi connectivity index (χ0v) is 13.2. The molecule has 110 valence electrons. The van der Waals surface area contributed by atoms with Gasteiger partial charge in [-0.2, -0.15) is 0 Å². The minimum absolute atomic E-state index is 0.128. The summed E-state index contributed by atoms with van der Waals surface area (Å²) in [4.78, 5) is 16.6. The molecular formula is C16H18N2O2S. The van der Waals surface area contributed by atoms with Crippen LogP contribution in [0.4, 0.5) is 5.69 Å². The van der Waals surface area contributed by atoms with E-state index in [4.69, 9.17) is 4.74 Å². The highest BCUT2D eigenvalue weighted by molar-refractivity contribution is 7.09. The van der Waals surface area contributed by atoms with Crippen molar-refractivity contribution in [2.45, 2.75) is 39.2 Å². The summed E-state index contributed by atoms with van der Waals surface area (Å²) in [5.41, 5.74) is 1.83. The van der Waals surface area contributed by atoms with Gasteiger partial charge < -0.3 is 10.1 Å². The van der Waals surface area contributed by atoms with Crippen LogP contribution in [-0.2, 0) is 11.2 Å². The largest absolute Gasteiger partial charge is 0.476 e. The van der Waals surface area contributed by atoms with E-state index < -0.39 is 5.60 Å². The number of benzene rings is 1. The molecule has 0 saturated heterocycles. The van der Waals surface area contributed by atoms with E-state index in [0.29, 0.717) is 11.4 Å². The number of carbonyl (C=O) groups excluding carboxylic acids is 1. The quantitative estimate of drug-likeness (QED) is 0.936. The minimum Gasteiger partial charge on any atom is -0.476 e. The van der Waals surface area contributed by atoms with E-state index in [1.165, 1.54) is 0 Å². The molecule has 4 nitrogen and oxygen atoms in total. The molecule has 5 heteroatoms. The van der Waals surface area contributed by atoms with Gasteiger partial charge in [-0.25, -0.2) is 4.98 Å². The summed E-state index contributed by atoms with van der Waals surface area (Å²) < 4.78 is 5.74. The van der Waals surface area contributed by atoms with E-state index in [0.717, 1.165) is 29.1 Å². The Morgan fingerprint density at radius 2 is 2.19 bits per heavy atom. The molecule has 1 aromatic heterocycles. The molecule has 0 radical (unpaired) electrons. The van der Waals surface area contributed by atoms with Crippen LogP contribution in [0.3, 0.4) is 0 Å². The Morgan fingerprint density at radius 1 is 1.38 bits per heavy atom. The number of nitrogens with one attached hydrogen (secondary N) is 1. The lowest BCUT2D eigenvalue weighted by Crippen LogP contribution is -2.45. The summed E-state index contributed by atoms with van der Waals surface area (Å²) in [5.74, 6) is 0.574. The van der Waals surface area contributed by atoms with E-state index in [1.807, 2.05) is 18.2 Å². The normalized spacial score (nSPS) is 16.0. The minimum atomic E-state index is -0.830. The SMILES string of the molecule is CCCc1nc(-c2ccc3c(c2)NC(=O)C(C)(C)O3)cs1. The van der Waals surface area contributed by atoms with Crippen LogP contribution < -0.4 is 10.1 Å². The number of thiazole rings is 1. The first-order valence-corrected chi connectivity index (χ1v) is 7.97. The van der Waals surface area contributed by atoms with E-state index in [2.05, 4.69) is 22.6 Å². The molecule has 0 saturated carbocycles. The van der Waals surface area contributed by atoms with E-state index in [9.17, 15) is 4.79 Å². The number of amides is 1. The van der Waals surface area contributed by atoms with Gasteiger partial charge in [0.15, 0.2) is 5.60 Å². The molecule has 1 aliphatic rings. The summed E-state index contributed by atoms with van der Waals surface area (Å²) in [6.45, 7) is 5.67. The van der Waals surface area contributed by atoms with Crippen LogP contribution in [0.25, 0.3) is 11.3 Å². The molecule has 0 spiro atoms. The fourth-order valence-corrected chi connectivity index (χ4v) is 3.15. The molecule has 1 amide bonds. The second kappa shape index (κ2) is 5.15. The fraction of sp³-hybridized carbons (Fsp3) is 0.375. The molecule has 2 aromatic rings. The standard InChI is InChI=1S/C16H18N2O2S/c1-4-5-14-17-12(9-21-14)10-6-7-13-11(8-10)18-15(19)16(2,3)20-13/h6-9H,4-5H2,1-3H3,(H,18,19). The number of rotatable bonds is 3. The lowest BCUT2D eigenvalue weighted by Gasteiger charge is -2.31. The average Bonchev–Trinajstić information content (AvgIpc) is 2.88. The highest BCUT2D eigenvalue weighted by atomic mass is 32.1. The zero-order chi connectivity index (χ0) is 15.0. The summed E-state index contributed by atoms with van der Waals surface area (Å²) >= 11 is 1.68. The van der Waals surface area contributed by atoms with Gasteiger partial charge in [-0.05, 0) is 44.9 Å². The van der Waals surface area contributed by atoms with Gasteiger partial charge >= 0.3 is 0 Å². The van der Waals surface area contributed by atoms with Gasteiger partial charge in [-0.3, -0.25) is 4.79 Å². The molecule has 0 bridgehead atoms. The molecule has 0 aliphatic carbocycles. The van der Waals surface area contributed by atoms with Crippen LogP contribution in [0.15, 0.2) is 23.6 Å². The zero-order valence-electron chi connectivity index (χ0n) is 12.4. The molecule has 1 aromatic carbocycles. The van der Waals surface area contributed by atoms with Gasteiger partial charge in [0.05, 0.1) is 16.4 Å². The Kier molecular flexibility index (Phi) is 3.45. The molecule has 1 N–H and O–H groups in total. The van der Waals surface area contributed by atoms with Crippen molar-refractivity contribution in [3.05, 3.63) is 28.6 Å². The Morgan fingerprint density at radius 3 is 2.95 bits per heavy atom. The average molecular weight is 302 g/mol. The van der Waals surface area contributed by atoms with Crippen molar-refractivity contribution < 1.29 is 9.53 Å². The smallest absolute Gasteiger partial charge is 0.268 e. The molecule has 3 rings (SSSR count). The number of nitrogens with zero attached hydrogens (tertiary/aromatic N) is 1. The van der Waals surface area contributed by atoms with Gasteiger partial charge in [-0.15, -0.1) is 11.3 Å². The second-order valence-electron chi connectivity index (χ2n) is 5.65. The lowest BCUT2D eigenvalue weighted by atomic mass is 10.0. The summed E-state index contributed by atoms with van der Waals surface area (Å²) in [6, 6.07) is 5.80. The van der Waals surface area contributed by atoms with Gasteiger partial charge in [0.25, 0.3) is 5.91 Å².